The first kappa shape index (κ1) is 29.2. The van der Waals surface area contributed by atoms with Gasteiger partial charge in [-0.05, 0) is 80.0 Å². The van der Waals surface area contributed by atoms with Crippen molar-refractivity contribution in [1.29, 1.82) is 0 Å². The van der Waals surface area contributed by atoms with E-state index in [1.54, 1.807) is 19.1 Å². The van der Waals surface area contributed by atoms with Gasteiger partial charge in [0.15, 0.2) is 11.5 Å². The Labute approximate surface area is 215 Å². The molecule has 8 heteroatoms. The Morgan fingerprint density at radius 2 is 1.69 bits per heavy atom. The van der Waals surface area contributed by atoms with E-state index in [-0.39, 0.29) is 17.1 Å². The highest BCUT2D eigenvalue weighted by Gasteiger charge is 2.16. The average Bonchev–Trinajstić information content (AvgIpc) is 2.84. The second-order valence-corrected chi connectivity index (χ2v) is 10.4. The molecule has 0 amide bonds. The smallest absolute Gasteiger partial charge is 0.331 e. The van der Waals surface area contributed by atoms with E-state index in [1.807, 2.05) is 37.3 Å². The van der Waals surface area contributed by atoms with Gasteiger partial charge in [0.1, 0.15) is 5.75 Å². The van der Waals surface area contributed by atoms with Crippen molar-refractivity contribution in [3.8, 4) is 17.2 Å². The van der Waals surface area contributed by atoms with E-state index in [4.69, 9.17) is 18.8 Å². The molecule has 36 heavy (non-hydrogen) atoms. The third kappa shape index (κ3) is 9.57. The van der Waals surface area contributed by atoms with Crippen LogP contribution in [0.5, 0.6) is 17.2 Å². The van der Waals surface area contributed by atoms with E-state index >= 15 is 0 Å². The molecule has 7 nitrogen and oxygen atoms in total. The van der Waals surface area contributed by atoms with E-state index in [2.05, 4.69) is 6.92 Å². The van der Waals surface area contributed by atoms with Gasteiger partial charge in [-0.3, -0.25) is 0 Å². The summed E-state index contributed by atoms with van der Waals surface area (Å²) in [5.41, 5.74) is 3.13. The fourth-order valence-electron chi connectivity index (χ4n) is 3.56. The normalized spacial score (nSPS) is 11.8. The van der Waals surface area contributed by atoms with E-state index in [9.17, 15) is 13.2 Å². The van der Waals surface area contributed by atoms with Crippen molar-refractivity contribution in [3.63, 3.8) is 0 Å². The molecule has 0 bridgehead atoms. The van der Waals surface area contributed by atoms with Crippen LogP contribution in [0.25, 0.3) is 6.08 Å². The number of aryl methyl sites for hydroxylation is 2. The van der Waals surface area contributed by atoms with Gasteiger partial charge in [-0.25, -0.2) is 4.79 Å². The number of carboxylic acids is 1. The predicted octanol–water partition coefficient (Wildman–Crippen LogP) is 6.05. The standard InChI is InChI=1S/C28H38O7S/c1-5-7-16-34-26-20-23(18-21(3)28(29)30)12-14-24(26)11-9-10-22-13-15-25(27(19-22)33-4)35-36(31,32)17-8-6-2/h12-15,18-20H,5-11,16-17H2,1-4H3,(H,29,30)/b21-18-. The molecule has 0 fully saturated rings. The fraction of sp³-hybridized carbons (Fsp3) is 0.464. The van der Waals surface area contributed by atoms with Gasteiger partial charge in [-0.15, -0.1) is 0 Å². The van der Waals surface area contributed by atoms with Gasteiger partial charge in [0.05, 0.1) is 19.5 Å². The van der Waals surface area contributed by atoms with Crippen LogP contribution in [0.3, 0.4) is 0 Å². The number of methoxy groups -OCH3 is 1. The zero-order valence-corrected chi connectivity index (χ0v) is 22.5. The third-order valence-electron chi connectivity index (χ3n) is 5.67. The molecule has 2 aromatic carbocycles. The molecule has 198 valence electrons. The van der Waals surface area contributed by atoms with Crippen LogP contribution >= 0.6 is 0 Å². The van der Waals surface area contributed by atoms with Crippen molar-refractivity contribution in [1.82, 2.24) is 0 Å². The van der Waals surface area contributed by atoms with Crippen LogP contribution in [0.2, 0.25) is 0 Å². The zero-order chi connectivity index (χ0) is 26.6. The van der Waals surface area contributed by atoms with Crippen LogP contribution in [0.4, 0.5) is 0 Å². The molecule has 2 aromatic rings. The summed E-state index contributed by atoms with van der Waals surface area (Å²) in [5.74, 6) is 0.388. The lowest BCUT2D eigenvalue weighted by Gasteiger charge is -2.14. The Hall–Kier alpha value is -3.00. The molecule has 0 aromatic heterocycles. The predicted molar refractivity (Wildman–Crippen MR) is 142 cm³/mol. The summed E-state index contributed by atoms with van der Waals surface area (Å²) in [6, 6.07) is 11.1. The summed E-state index contributed by atoms with van der Waals surface area (Å²) in [6.07, 6.45) is 7.28. The lowest BCUT2D eigenvalue weighted by Crippen LogP contribution is -2.14. The van der Waals surface area contributed by atoms with E-state index in [1.165, 1.54) is 7.11 Å². The summed E-state index contributed by atoms with van der Waals surface area (Å²) >= 11 is 0. The summed E-state index contributed by atoms with van der Waals surface area (Å²) < 4.78 is 41.0. The number of rotatable bonds is 16. The molecule has 1 N–H and O–H groups in total. The number of hydrogen-bond acceptors (Lipinski definition) is 6. The van der Waals surface area contributed by atoms with Gasteiger partial charge in [0, 0.05) is 5.57 Å². The van der Waals surface area contributed by atoms with Crippen LogP contribution in [-0.2, 0) is 27.8 Å². The maximum absolute atomic E-state index is 12.2. The summed E-state index contributed by atoms with van der Waals surface area (Å²) in [6.45, 7) is 6.20. The van der Waals surface area contributed by atoms with Gasteiger partial charge in [0.2, 0.25) is 0 Å². The summed E-state index contributed by atoms with van der Waals surface area (Å²) in [7, 11) is -2.16. The molecule has 0 heterocycles. The largest absolute Gasteiger partial charge is 0.493 e. The molecule has 0 aliphatic carbocycles. The Kier molecular flexibility index (Phi) is 11.8. The van der Waals surface area contributed by atoms with Crippen molar-refractivity contribution in [2.24, 2.45) is 0 Å². The van der Waals surface area contributed by atoms with Gasteiger partial charge >= 0.3 is 16.1 Å². The van der Waals surface area contributed by atoms with Gasteiger partial charge in [-0.2, -0.15) is 8.42 Å². The molecular weight excluding hydrogens is 480 g/mol. The number of aliphatic carboxylic acids is 1. The first-order valence-electron chi connectivity index (χ1n) is 12.5. The molecule has 0 aliphatic heterocycles. The first-order chi connectivity index (χ1) is 17.2. The number of hydrogen-bond donors (Lipinski definition) is 1. The van der Waals surface area contributed by atoms with E-state index in [0.717, 1.165) is 61.0 Å². The van der Waals surface area contributed by atoms with Crippen LogP contribution in [0.1, 0.15) is 69.6 Å². The zero-order valence-electron chi connectivity index (χ0n) is 21.7. The van der Waals surface area contributed by atoms with Crippen molar-refractivity contribution in [2.45, 2.75) is 65.7 Å². The van der Waals surface area contributed by atoms with Crippen LogP contribution in [0.15, 0.2) is 42.0 Å². The van der Waals surface area contributed by atoms with Gasteiger partial charge in [-0.1, -0.05) is 44.9 Å². The summed E-state index contributed by atoms with van der Waals surface area (Å²) in [4.78, 5) is 11.2. The van der Waals surface area contributed by atoms with Crippen LogP contribution in [0, 0.1) is 0 Å². The Bertz CT molecular complexity index is 1140. The number of unbranched alkanes of at least 4 members (excludes halogenated alkanes) is 2. The van der Waals surface area contributed by atoms with Crippen molar-refractivity contribution < 1.29 is 32.0 Å². The minimum atomic E-state index is -3.66. The topological polar surface area (TPSA) is 99.1 Å². The monoisotopic (exact) mass is 518 g/mol. The van der Waals surface area contributed by atoms with Crippen LogP contribution in [-0.4, -0.2) is 39.0 Å². The second-order valence-electron chi connectivity index (χ2n) is 8.74. The van der Waals surface area contributed by atoms with E-state index < -0.39 is 16.1 Å². The average molecular weight is 519 g/mol. The summed E-state index contributed by atoms with van der Waals surface area (Å²) in [5, 5.41) is 9.16. The SMILES string of the molecule is CCCCOc1cc(/C=C(/C)C(=O)O)ccc1CCCc1ccc(OS(=O)(=O)CCCC)c(OC)c1. The molecule has 0 atom stereocenters. The number of benzene rings is 2. The second kappa shape index (κ2) is 14.5. The van der Waals surface area contributed by atoms with Gasteiger partial charge < -0.3 is 18.8 Å². The first-order valence-corrected chi connectivity index (χ1v) is 14.0. The van der Waals surface area contributed by atoms with Crippen LogP contribution < -0.4 is 13.7 Å². The Morgan fingerprint density at radius 3 is 2.36 bits per heavy atom. The molecule has 0 saturated carbocycles. The highest BCUT2D eigenvalue weighted by atomic mass is 32.2. The molecule has 0 unspecified atom stereocenters. The minimum Gasteiger partial charge on any atom is -0.493 e. The number of ether oxygens (including phenoxy) is 2. The van der Waals surface area contributed by atoms with Gasteiger partial charge in [0.25, 0.3) is 0 Å². The maximum Gasteiger partial charge on any atom is 0.331 e. The molecule has 0 aliphatic rings. The molecule has 0 spiro atoms. The van der Waals surface area contributed by atoms with Crippen molar-refractivity contribution in [2.75, 3.05) is 19.5 Å². The van der Waals surface area contributed by atoms with E-state index in [0.29, 0.717) is 18.8 Å². The highest BCUT2D eigenvalue weighted by molar-refractivity contribution is 7.87. The van der Waals surface area contributed by atoms with Crippen molar-refractivity contribution >= 4 is 22.2 Å². The molecular formula is C28H38O7S. The third-order valence-corrected chi connectivity index (χ3v) is 6.89. The lowest BCUT2D eigenvalue weighted by molar-refractivity contribution is -0.132. The lowest BCUT2D eigenvalue weighted by atomic mass is 10.0. The fourth-order valence-corrected chi connectivity index (χ4v) is 4.70. The quantitative estimate of drug-likeness (QED) is 0.164. The number of carbonyl (C=O) groups is 1. The molecule has 0 saturated heterocycles. The van der Waals surface area contributed by atoms with Crippen molar-refractivity contribution in [3.05, 3.63) is 58.7 Å². The highest BCUT2D eigenvalue weighted by Crippen LogP contribution is 2.31. The molecule has 0 radical (unpaired) electrons. The number of carboxylic acid groups (broad SMARTS) is 1. The maximum atomic E-state index is 12.2. The minimum absolute atomic E-state index is 0.0263. The Balaban J connectivity index is 2.10. The Morgan fingerprint density at radius 1 is 0.944 bits per heavy atom. The molecule has 2 rings (SSSR count).